The highest BCUT2D eigenvalue weighted by molar-refractivity contribution is 7.90. The lowest BCUT2D eigenvalue weighted by Crippen LogP contribution is -2.33. The number of rotatable bonds is 4. The first-order chi connectivity index (χ1) is 12.8. The van der Waals surface area contributed by atoms with E-state index in [0.29, 0.717) is 5.69 Å². The van der Waals surface area contributed by atoms with Gasteiger partial charge in [-0.1, -0.05) is 30.3 Å². The number of carbonyl (C=O) groups is 2. The lowest BCUT2D eigenvalue weighted by Gasteiger charge is -2.32. The number of fused-ring (bicyclic) bond motifs is 1. The summed E-state index contributed by atoms with van der Waals surface area (Å²) in [5, 5.41) is 2.73. The zero-order valence-corrected chi connectivity index (χ0v) is 15.9. The van der Waals surface area contributed by atoms with Crippen LogP contribution >= 0.6 is 0 Å². The molecular formula is C20H20N2O4S. The van der Waals surface area contributed by atoms with E-state index in [1.165, 1.54) is 24.0 Å². The third kappa shape index (κ3) is 4.25. The molecule has 1 atom stereocenters. The van der Waals surface area contributed by atoms with Gasteiger partial charge in [0.1, 0.15) is 0 Å². The molecule has 6 nitrogen and oxygen atoms in total. The van der Waals surface area contributed by atoms with E-state index in [1.54, 1.807) is 18.3 Å². The quantitative estimate of drug-likeness (QED) is 0.878. The van der Waals surface area contributed by atoms with Crippen molar-refractivity contribution in [3.05, 3.63) is 65.9 Å². The smallest absolute Gasteiger partial charge is 0.226 e. The highest BCUT2D eigenvalue weighted by Crippen LogP contribution is 2.33. The Hall–Kier alpha value is -2.93. The van der Waals surface area contributed by atoms with Crippen molar-refractivity contribution in [2.75, 3.05) is 11.6 Å². The Balaban J connectivity index is 1.82. The van der Waals surface area contributed by atoms with Gasteiger partial charge in [-0.3, -0.25) is 9.59 Å². The summed E-state index contributed by atoms with van der Waals surface area (Å²) >= 11 is 0. The third-order valence-corrected chi connectivity index (χ3v) is 5.50. The molecule has 0 aliphatic carbocycles. The maximum Gasteiger partial charge on any atom is 0.226 e. The summed E-state index contributed by atoms with van der Waals surface area (Å²) in [6.07, 6.45) is 4.71. The number of benzene rings is 2. The minimum absolute atomic E-state index is 0.0596. The lowest BCUT2D eigenvalue weighted by molar-refractivity contribution is -0.129. The van der Waals surface area contributed by atoms with Crippen LogP contribution in [0, 0.1) is 0 Å². The van der Waals surface area contributed by atoms with Crippen molar-refractivity contribution >= 4 is 33.4 Å². The highest BCUT2D eigenvalue weighted by Gasteiger charge is 2.28. The fraction of sp³-hybridized carbons (Fsp3) is 0.200. The normalized spacial score (nSPS) is 15.9. The molecule has 0 radical (unpaired) electrons. The average molecular weight is 384 g/mol. The van der Waals surface area contributed by atoms with Gasteiger partial charge in [0.15, 0.2) is 9.84 Å². The maximum atomic E-state index is 12.6. The molecule has 1 N–H and O–H groups in total. The van der Waals surface area contributed by atoms with Crippen LogP contribution in [-0.2, 0) is 19.4 Å². The van der Waals surface area contributed by atoms with E-state index in [1.807, 2.05) is 30.3 Å². The fourth-order valence-corrected chi connectivity index (χ4v) is 3.77. The number of amides is 2. The molecule has 7 heteroatoms. The third-order valence-electron chi connectivity index (χ3n) is 4.39. The van der Waals surface area contributed by atoms with E-state index in [4.69, 9.17) is 0 Å². The van der Waals surface area contributed by atoms with Crippen molar-refractivity contribution in [3.63, 3.8) is 0 Å². The molecular weight excluding hydrogens is 364 g/mol. The first-order valence-electron chi connectivity index (χ1n) is 8.42. The molecule has 3 rings (SSSR count). The summed E-state index contributed by atoms with van der Waals surface area (Å²) in [5.74, 6) is -0.459. The van der Waals surface area contributed by atoms with E-state index < -0.39 is 15.9 Å². The van der Waals surface area contributed by atoms with Gasteiger partial charge in [0.2, 0.25) is 11.8 Å². The SMILES string of the molecule is CC(=O)N1C=Cc2ccccc2[C@H]1CC(=O)Nc1cccc(S(C)(=O)=O)c1. The molecule has 140 valence electrons. The number of hydrogen-bond donors (Lipinski definition) is 1. The van der Waals surface area contributed by atoms with Crippen molar-refractivity contribution in [1.29, 1.82) is 0 Å². The maximum absolute atomic E-state index is 12.6. The van der Waals surface area contributed by atoms with E-state index in [-0.39, 0.29) is 23.1 Å². The molecule has 2 aromatic rings. The van der Waals surface area contributed by atoms with Crippen LogP contribution in [0.4, 0.5) is 5.69 Å². The molecule has 2 amide bonds. The summed E-state index contributed by atoms with van der Waals surface area (Å²) in [5.41, 5.74) is 2.26. The van der Waals surface area contributed by atoms with Gasteiger partial charge >= 0.3 is 0 Å². The van der Waals surface area contributed by atoms with Gasteiger partial charge in [0, 0.05) is 25.1 Å². The molecule has 0 spiro atoms. The van der Waals surface area contributed by atoms with Gasteiger partial charge in [0.25, 0.3) is 0 Å². The Morgan fingerprint density at radius 2 is 1.85 bits per heavy atom. The molecule has 1 aliphatic heterocycles. The molecule has 1 aliphatic rings. The Labute approximate surface area is 158 Å². The van der Waals surface area contributed by atoms with Crippen LogP contribution in [0.15, 0.2) is 59.6 Å². The Morgan fingerprint density at radius 1 is 1.11 bits per heavy atom. The number of anilines is 1. The van der Waals surface area contributed by atoms with Gasteiger partial charge in [0.05, 0.1) is 17.4 Å². The highest BCUT2D eigenvalue weighted by atomic mass is 32.2. The summed E-state index contributed by atoms with van der Waals surface area (Å²) in [4.78, 5) is 26.3. The largest absolute Gasteiger partial charge is 0.326 e. The summed E-state index contributed by atoms with van der Waals surface area (Å²) in [6.45, 7) is 1.46. The molecule has 0 aromatic heterocycles. The number of carbonyl (C=O) groups excluding carboxylic acids is 2. The summed E-state index contributed by atoms with van der Waals surface area (Å²) in [6, 6.07) is 13.3. The first kappa shape index (κ1) is 18.8. The van der Waals surface area contributed by atoms with E-state index in [9.17, 15) is 18.0 Å². The monoisotopic (exact) mass is 384 g/mol. The van der Waals surface area contributed by atoms with E-state index in [0.717, 1.165) is 17.4 Å². The van der Waals surface area contributed by atoms with Crippen LogP contribution in [0.1, 0.15) is 30.5 Å². The zero-order chi connectivity index (χ0) is 19.6. The second-order valence-corrected chi connectivity index (χ2v) is 8.45. The molecule has 0 fully saturated rings. The van der Waals surface area contributed by atoms with Crippen molar-refractivity contribution in [3.8, 4) is 0 Å². The number of nitrogens with zero attached hydrogens (tertiary/aromatic N) is 1. The molecule has 0 unspecified atom stereocenters. The molecule has 0 saturated carbocycles. The Morgan fingerprint density at radius 3 is 2.56 bits per heavy atom. The Kier molecular flexibility index (Phi) is 5.14. The summed E-state index contributed by atoms with van der Waals surface area (Å²) in [7, 11) is -3.36. The van der Waals surface area contributed by atoms with Crippen LogP contribution in [-0.4, -0.2) is 31.4 Å². The van der Waals surface area contributed by atoms with Crippen LogP contribution in [0.2, 0.25) is 0 Å². The standard InChI is InChI=1S/C20H20N2O4S/c1-14(23)22-11-10-15-6-3-4-9-18(15)19(22)13-20(24)21-16-7-5-8-17(12-16)27(2,25)26/h3-12,19H,13H2,1-2H3,(H,21,24)/t19-/m1/s1. The van der Waals surface area contributed by atoms with Crippen molar-refractivity contribution in [1.82, 2.24) is 4.90 Å². The van der Waals surface area contributed by atoms with Gasteiger partial charge in [-0.15, -0.1) is 0 Å². The van der Waals surface area contributed by atoms with E-state index >= 15 is 0 Å². The molecule has 0 bridgehead atoms. The fourth-order valence-electron chi connectivity index (χ4n) is 3.11. The molecule has 2 aromatic carbocycles. The van der Waals surface area contributed by atoms with Crippen LogP contribution < -0.4 is 5.32 Å². The van der Waals surface area contributed by atoms with Crippen molar-refractivity contribution in [2.45, 2.75) is 24.3 Å². The van der Waals surface area contributed by atoms with Gasteiger partial charge in [-0.05, 0) is 35.4 Å². The molecule has 27 heavy (non-hydrogen) atoms. The average Bonchev–Trinajstić information content (AvgIpc) is 2.61. The topological polar surface area (TPSA) is 83.6 Å². The van der Waals surface area contributed by atoms with Crippen LogP contribution in [0.25, 0.3) is 6.08 Å². The predicted octanol–water partition coefficient (Wildman–Crippen LogP) is 2.99. The van der Waals surface area contributed by atoms with Gasteiger partial charge < -0.3 is 10.2 Å². The number of nitrogens with one attached hydrogen (secondary N) is 1. The number of hydrogen-bond acceptors (Lipinski definition) is 4. The van der Waals surface area contributed by atoms with E-state index in [2.05, 4.69) is 5.32 Å². The minimum atomic E-state index is -3.36. The van der Waals surface area contributed by atoms with Gasteiger partial charge in [-0.25, -0.2) is 8.42 Å². The molecule has 1 heterocycles. The molecule has 0 saturated heterocycles. The first-order valence-corrected chi connectivity index (χ1v) is 10.3. The van der Waals surface area contributed by atoms with Crippen LogP contribution in [0.5, 0.6) is 0 Å². The number of sulfone groups is 1. The summed E-state index contributed by atoms with van der Waals surface area (Å²) < 4.78 is 23.4. The van der Waals surface area contributed by atoms with Gasteiger partial charge in [-0.2, -0.15) is 0 Å². The second-order valence-electron chi connectivity index (χ2n) is 6.44. The zero-order valence-electron chi connectivity index (χ0n) is 15.0. The lowest BCUT2D eigenvalue weighted by atomic mass is 9.93. The predicted molar refractivity (Wildman–Crippen MR) is 104 cm³/mol. The van der Waals surface area contributed by atoms with Crippen LogP contribution in [0.3, 0.4) is 0 Å². The Bertz CT molecular complexity index is 1030. The minimum Gasteiger partial charge on any atom is -0.326 e. The van der Waals surface area contributed by atoms with Crippen molar-refractivity contribution < 1.29 is 18.0 Å². The van der Waals surface area contributed by atoms with Crippen molar-refractivity contribution in [2.24, 2.45) is 0 Å². The second kappa shape index (κ2) is 7.36.